The van der Waals surface area contributed by atoms with Crippen LogP contribution in [0.2, 0.25) is 0 Å². The molecule has 2 aromatic rings. The number of likely N-dealkylation sites (N-methyl/N-ethyl adjacent to an activating group) is 1. The Hall–Kier alpha value is -2.34. The minimum atomic E-state index is -0.406. The van der Waals surface area contributed by atoms with Crippen molar-refractivity contribution in [1.29, 1.82) is 0 Å². The first kappa shape index (κ1) is 15.1. The summed E-state index contributed by atoms with van der Waals surface area (Å²) in [5.74, 6) is -0.413. The molecule has 2 rings (SSSR count). The lowest BCUT2D eigenvalue weighted by atomic mass is 10.1. The second-order valence-corrected chi connectivity index (χ2v) is 5.56. The van der Waals surface area contributed by atoms with Crippen molar-refractivity contribution in [2.75, 3.05) is 12.4 Å². The van der Waals surface area contributed by atoms with Crippen molar-refractivity contribution in [2.24, 2.45) is 5.73 Å². The Bertz CT molecular complexity index is 635. The lowest BCUT2D eigenvalue weighted by Crippen LogP contribution is -2.19. The number of nitrogens with two attached hydrogens (primary N) is 1. The van der Waals surface area contributed by atoms with Crippen LogP contribution in [0.5, 0.6) is 0 Å². The third-order valence-electron chi connectivity index (χ3n) is 3.00. The van der Waals surface area contributed by atoms with Crippen LogP contribution in [0, 0.1) is 0 Å². The highest BCUT2D eigenvalue weighted by Gasteiger charge is 2.05. The average Bonchev–Trinajstić information content (AvgIpc) is 2.95. The molecule has 1 heterocycles. The Balaban J connectivity index is 1.91. The van der Waals surface area contributed by atoms with E-state index in [4.69, 9.17) is 5.73 Å². The Morgan fingerprint density at radius 1 is 1.24 bits per heavy atom. The fourth-order valence-corrected chi connectivity index (χ4v) is 2.62. The Labute approximate surface area is 127 Å². The molecule has 0 aliphatic rings. The van der Waals surface area contributed by atoms with Crippen molar-refractivity contribution < 1.29 is 9.59 Å². The molecule has 0 atom stereocenters. The summed E-state index contributed by atoms with van der Waals surface area (Å²) in [5.41, 5.74) is 7.68. The normalized spacial score (nSPS) is 10.1. The number of anilines is 1. The van der Waals surface area contributed by atoms with Gasteiger partial charge in [0.2, 0.25) is 11.8 Å². The smallest absolute Gasteiger partial charge is 0.249 e. The number of nitrogens with one attached hydrogen (secondary N) is 2. The van der Waals surface area contributed by atoms with Crippen molar-refractivity contribution in [3.8, 4) is 0 Å². The fourth-order valence-electron chi connectivity index (χ4n) is 1.81. The van der Waals surface area contributed by atoms with Gasteiger partial charge in [0.05, 0.1) is 12.0 Å². The molecule has 6 heteroatoms. The molecule has 0 saturated carbocycles. The van der Waals surface area contributed by atoms with Crippen molar-refractivity contribution in [2.45, 2.75) is 13.0 Å². The van der Waals surface area contributed by atoms with E-state index in [1.165, 1.54) is 11.3 Å². The van der Waals surface area contributed by atoms with Crippen LogP contribution in [0.3, 0.4) is 0 Å². The third-order valence-corrected chi connectivity index (χ3v) is 3.94. The highest BCUT2D eigenvalue weighted by Crippen LogP contribution is 2.17. The molecule has 0 saturated heterocycles. The molecule has 110 valence electrons. The van der Waals surface area contributed by atoms with Gasteiger partial charge in [0.25, 0.3) is 0 Å². The van der Waals surface area contributed by atoms with Gasteiger partial charge in [-0.05, 0) is 23.8 Å². The number of thiophene rings is 1. The van der Waals surface area contributed by atoms with E-state index in [1.54, 1.807) is 18.5 Å². The van der Waals surface area contributed by atoms with Crippen LogP contribution in [0.15, 0.2) is 35.7 Å². The van der Waals surface area contributed by atoms with Gasteiger partial charge < -0.3 is 16.4 Å². The van der Waals surface area contributed by atoms with Gasteiger partial charge in [0.15, 0.2) is 0 Å². The first-order valence-corrected chi connectivity index (χ1v) is 7.37. The van der Waals surface area contributed by atoms with E-state index in [-0.39, 0.29) is 5.91 Å². The van der Waals surface area contributed by atoms with E-state index >= 15 is 0 Å². The maximum Gasteiger partial charge on any atom is 0.249 e. The maximum absolute atomic E-state index is 11.3. The molecule has 2 amide bonds. The molecule has 1 aromatic carbocycles. The summed E-state index contributed by atoms with van der Waals surface area (Å²) in [7, 11) is 1.62. The van der Waals surface area contributed by atoms with Crippen LogP contribution in [0.25, 0.3) is 0 Å². The number of carbonyl (C=O) groups excluding carboxylic acids is 2. The van der Waals surface area contributed by atoms with Gasteiger partial charge in [-0.3, -0.25) is 9.59 Å². The highest BCUT2D eigenvalue weighted by molar-refractivity contribution is 7.10. The molecule has 4 N–H and O–H groups in total. The molecule has 0 spiro atoms. The van der Waals surface area contributed by atoms with Crippen LogP contribution >= 0.6 is 11.3 Å². The first-order chi connectivity index (χ1) is 10.1. The number of hydrogen-bond donors (Lipinski definition) is 3. The van der Waals surface area contributed by atoms with Crippen LogP contribution in [0.4, 0.5) is 5.69 Å². The quantitative estimate of drug-likeness (QED) is 0.760. The SMILES string of the molecule is CNC(=O)Cc1ccc(NCc2cc(C(N)=O)cs2)cc1. The molecule has 0 aliphatic carbocycles. The fraction of sp³-hybridized carbons (Fsp3) is 0.200. The number of amides is 2. The summed E-state index contributed by atoms with van der Waals surface area (Å²) in [6, 6.07) is 9.49. The number of hydrogen-bond acceptors (Lipinski definition) is 4. The standard InChI is InChI=1S/C15H17N3O2S/c1-17-14(19)6-10-2-4-12(5-3-10)18-8-13-7-11(9-21-13)15(16)20/h2-5,7,9,18H,6,8H2,1H3,(H2,16,20)(H,17,19). The minimum absolute atomic E-state index is 0.00623. The van der Waals surface area contributed by atoms with Gasteiger partial charge >= 0.3 is 0 Å². The molecule has 0 fully saturated rings. The van der Waals surface area contributed by atoms with E-state index in [0.717, 1.165) is 16.1 Å². The van der Waals surface area contributed by atoms with Crippen molar-refractivity contribution >= 4 is 28.8 Å². The van der Waals surface area contributed by atoms with Gasteiger partial charge in [-0.25, -0.2) is 0 Å². The number of rotatable bonds is 6. The minimum Gasteiger partial charge on any atom is -0.380 e. The zero-order chi connectivity index (χ0) is 15.2. The lowest BCUT2D eigenvalue weighted by molar-refractivity contribution is -0.119. The maximum atomic E-state index is 11.3. The Morgan fingerprint density at radius 2 is 1.95 bits per heavy atom. The molecule has 0 bridgehead atoms. The average molecular weight is 303 g/mol. The van der Waals surface area contributed by atoms with Gasteiger partial charge in [0.1, 0.15) is 0 Å². The Morgan fingerprint density at radius 3 is 2.52 bits per heavy atom. The van der Waals surface area contributed by atoms with Crippen LogP contribution in [0.1, 0.15) is 20.8 Å². The van der Waals surface area contributed by atoms with Gasteiger partial charge in [-0.15, -0.1) is 11.3 Å². The van der Waals surface area contributed by atoms with Crippen LogP contribution in [-0.2, 0) is 17.8 Å². The van der Waals surface area contributed by atoms with Gasteiger partial charge in [-0.2, -0.15) is 0 Å². The Kier molecular flexibility index (Phi) is 4.94. The predicted octanol–water partition coefficient (Wildman–Crippen LogP) is 1.75. The monoisotopic (exact) mass is 303 g/mol. The number of primary amides is 1. The molecule has 5 nitrogen and oxygen atoms in total. The zero-order valence-corrected chi connectivity index (χ0v) is 12.5. The van der Waals surface area contributed by atoms with Gasteiger partial charge in [0, 0.05) is 29.5 Å². The molecule has 0 aliphatic heterocycles. The van der Waals surface area contributed by atoms with Crippen LogP contribution < -0.4 is 16.4 Å². The van der Waals surface area contributed by atoms with E-state index in [1.807, 2.05) is 24.3 Å². The van der Waals surface area contributed by atoms with Crippen LogP contribution in [-0.4, -0.2) is 18.9 Å². The third kappa shape index (κ3) is 4.32. The zero-order valence-electron chi connectivity index (χ0n) is 11.7. The molecule has 1 aromatic heterocycles. The number of benzene rings is 1. The second kappa shape index (κ2) is 6.90. The molecule has 21 heavy (non-hydrogen) atoms. The topological polar surface area (TPSA) is 84.2 Å². The lowest BCUT2D eigenvalue weighted by Gasteiger charge is -2.06. The summed E-state index contributed by atoms with van der Waals surface area (Å²) >= 11 is 1.50. The summed E-state index contributed by atoms with van der Waals surface area (Å²) in [6.07, 6.45) is 0.379. The van der Waals surface area contributed by atoms with Crippen molar-refractivity contribution in [3.63, 3.8) is 0 Å². The van der Waals surface area contributed by atoms with Crippen molar-refractivity contribution in [3.05, 3.63) is 51.7 Å². The summed E-state index contributed by atoms with van der Waals surface area (Å²) < 4.78 is 0. The summed E-state index contributed by atoms with van der Waals surface area (Å²) in [6.45, 7) is 0.632. The molecule has 0 unspecified atom stereocenters. The van der Waals surface area contributed by atoms with E-state index in [0.29, 0.717) is 18.5 Å². The largest absolute Gasteiger partial charge is 0.380 e. The van der Waals surface area contributed by atoms with E-state index in [9.17, 15) is 9.59 Å². The molecular formula is C15H17N3O2S. The highest BCUT2D eigenvalue weighted by atomic mass is 32.1. The first-order valence-electron chi connectivity index (χ1n) is 6.49. The second-order valence-electron chi connectivity index (χ2n) is 4.57. The summed E-state index contributed by atoms with van der Waals surface area (Å²) in [4.78, 5) is 23.3. The van der Waals surface area contributed by atoms with E-state index in [2.05, 4.69) is 10.6 Å². The van der Waals surface area contributed by atoms with E-state index < -0.39 is 5.91 Å². The molecule has 0 radical (unpaired) electrons. The van der Waals surface area contributed by atoms with Gasteiger partial charge in [-0.1, -0.05) is 12.1 Å². The predicted molar refractivity (Wildman–Crippen MR) is 84.4 cm³/mol. The number of carbonyl (C=O) groups is 2. The molecular weight excluding hydrogens is 286 g/mol. The van der Waals surface area contributed by atoms with Crippen molar-refractivity contribution in [1.82, 2.24) is 5.32 Å². The summed E-state index contributed by atoms with van der Waals surface area (Å²) in [5, 5.41) is 7.62.